The summed E-state index contributed by atoms with van der Waals surface area (Å²) in [6.45, 7) is 9.26. The molecule has 0 N–H and O–H groups in total. The summed E-state index contributed by atoms with van der Waals surface area (Å²) in [4.78, 5) is 42.6. The first-order chi connectivity index (χ1) is 19.7. The van der Waals surface area contributed by atoms with Crippen LogP contribution in [0.25, 0.3) is 6.08 Å². The molecule has 2 heterocycles. The van der Waals surface area contributed by atoms with Gasteiger partial charge in [-0.05, 0) is 74.3 Å². The molecule has 1 saturated heterocycles. The van der Waals surface area contributed by atoms with Crippen LogP contribution < -0.4 is 9.47 Å². The Balaban J connectivity index is 1.42. The molecule has 0 aromatic heterocycles. The summed E-state index contributed by atoms with van der Waals surface area (Å²) in [5.41, 5.74) is 3.07. The summed E-state index contributed by atoms with van der Waals surface area (Å²) in [7, 11) is 0. The van der Waals surface area contributed by atoms with Crippen molar-refractivity contribution in [1.82, 2.24) is 9.80 Å². The molecule has 0 radical (unpaired) electrons. The molecule has 0 unspecified atom stereocenters. The van der Waals surface area contributed by atoms with Gasteiger partial charge in [-0.15, -0.1) is 0 Å². The predicted octanol–water partition coefficient (Wildman–Crippen LogP) is 4.81. The maximum absolute atomic E-state index is 13.9. The van der Waals surface area contributed by atoms with Crippen LogP contribution in [0.3, 0.4) is 0 Å². The Morgan fingerprint density at radius 3 is 2.61 bits per heavy atom. The summed E-state index contributed by atoms with van der Waals surface area (Å²) in [5.74, 6) is 1.52. The van der Waals surface area contributed by atoms with Gasteiger partial charge in [0.25, 0.3) is 0 Å². The Labute approximate surface area is 242 Å². The summed E-state index contributed by atoms with van der Waals surface area (Å²) in [5, 5.41) is 0. The number of carbonyl (C=O) groups excluding carboxylic acids is 3. The number of amides is 1. The highest BCUT2D eigenvalue weighted by Crippen LogP contribution is 2.64. The molecule has 2 aliphatic heterocycles. The lowest BCUT2D eigenvalue weighted by Crippen LogP contribution is -2.69. The molecule has 2 aromatic rings. The van der Waals surface area contributed by atoms with Crippen molar-refractivity contribution in [1.29, 1.82) is 0 Å². The first-order valence-electron chi connectivity index (χ1n) is 15.0. The Kier molecular flexibility index (Phi) is 7.26. The number of hydrogen-bond acceptors (Lipinski definition) is 6. The fourth-order valence-corrected chi connectivity index (χ4v) is 8.23. The summed E-state index contributed by atoms with van der Waals surface area (Å²) < 4.78 is 12.6. The molecule has 6 rings (SSSR count). The average molecular weight is 557 g/mol. The van der Waals surface area contributed by atoms with E-state index < -0.39 is 0 Å². The molecule has 7 nitrogen and oxygen atoms in total. The molecular formula is C34H40N2O5. The van der Waals surface area contributed by atoms with Crippen LogP contribution in [0.15, 0.2) is 48.5 Å². The van der Waals surface area contributed by atoms with Crippen LogP contribution in [-0.2, 0) is 26.2 Å². The molecule has 1 spiro atoms. The molecule has 2 aliphatic carbocycles. The number of carbonyl (C=O) groups is 3. The Morgan fingerprint density at radius 1 is 1.12 bits per heavy atom. The minimum absolute atomic E-state index is 0.0104. The van der Waals surface area contributed by atoms with Crippen LogP contribution in [0.1, 0.15) is 63.6 Å². The quantitative estimate of drug-likeness (QED) is 0.264. The Hall–Kier alpha value is -3.45. The van der Waals surface area contributed by atoms with Crippen LogP contribution in [-0.4, -0.2) is 65.3 Å². The van der Waals surface area contributed by atoms with E-state index in [-0.39, 0.29) is 47.2 Å². The van der Waals surface area contributed by atoms with Crippen molar-refractivity contribution in [3.63, 3.8) is 0 Å². The van der Waals surface area contributed by atoms with Gasteiger partial charge in [-0.1, -0.05) is 50.2 Å². The van der Waals surface area contributed by atoms with Crippen molar-refractivity contribution < 1.29 is 23.9 Å². The third kappa shape index (κ3) is 4.78. The van der Waals surface area contributed by atoms with Crippen molar-refractivity contribution in [2.45, 2.75) is 77.0 Å². The Bertz CT molecular complexity index is 1380. The number of nitrogens with zero attached hydrogens (tertiary/aromatic N) is 2. The van der Waals surface area contributed by atoms with E-state index in [0.29, 0.717) is 30.5 Å². The van der Waals surface area contributed by atoms with E-state index in [0.717, 1.165) is 37.8 Å². The lowest BCUT2D eigenvalue weighted by atomic mass is 9.51. The van der Waals surface area contributed by atoms with E-state index in [4.69, 9.17) is 9.47 Å². The largest absolute Gasteiger partial charge is 0.483 e. The van der Waals surface area contributed by atoms with Gasteiger partial charge in [0.1, 0.15) is 11.9 Å². The van der Waals surface area contributed by atoms with Crippen molar-refractivity contribution in [2.24, 2.45) is 11.8 Å². The molecule has 4 aliphatic rings. The number of benzene rings is 2. The van der Waals surface area contributed by atoms with Gasteiger partial charge in [0.15, 0.2) is 11.5 Å². The number of piperidine rings is 1. The normalized spacial score (nSPS) is 27.8. The minimum atomic E-state index is -0.377. The van der Waals surface area contributed by atoms with Gasteiger partial charge >= 0.3 is 5.97 Å². The van der Waals surface area contributed by atoms with Gasteiger partial charge < -0.3 is 14.4 Å². The molecule has 7 heteroatoms. The van der Waals surface area contributed by atoms with Crippen LogP contribution in [0.4, 0.5) is 0 Å². The van der Waals surface area contributed by atoms with E-state index in [2.05, 4.69) is 24.8 Å². The number of hydrogen-bond donors (Lipinski definition) is 0. The molecule has 216 valence electrons. The average Bonchev–Trinajstić information content (AvgIpc) is 3.28. The summed E-state index contributed by atoms with van der Waals surface area (Å²) in [6, 6.07) is 13.9. The van der Waals surface area contributed by atoms with Crippen molar-refractivity contribution in [3.05, 3.63) is 65.2 Å². The molecule has 5 atom stereocenters. The van der Waals surface area contributed by atoms with Gasteiger partial charge in [0, 0.05) is 36.6 Å². The standard InChI is InChI=1S/C34H40N2O5/c1-21(2)19-36(30(39)15-10-24-8-6-5-7-9-24)27-13-12-26-28-18-25-11-14-29(40-23(4)38)32-31(25)34(26,33(27)41-32)16-17-35(28)20-22(3)37/h5-11,14-15,21,26-28,33H,12-13,16-20H2,1-4H3/t26-,27+,28+,33-,34-/m0/s1. The second-order valence-corrected chi connectivity index (χ2v) is 12.7. The number of ether oxygens (including phenoxy) is 2. The number of esters is 1. The molecule has 41 heavy (non-hydrogen) atoms. The highest BCUT2D eigenvalue weighted by molar-refractivity contribution is 5.92. The maximum Gasteiger partial charge on any atom is 0.308 e. The number of ketones is 1. The van der Waals surface area contributed by atoms with E-state index in [1.54, 1.807) is 13.0 Å². The van der Waals surface area contributed by atoms with Gasteiger partial charge in [-0.3, -0.25) is 19.3 Å². The zero-order valence-corrected chi connectivity index (χ0v) is 24.5. The second-order valence-electron chi connectivity index (χ2n) is 12.7. The van der Waals surface area contributed by atoms with Gasteiger partial charge in [-0.25, -0.2) is 0 Å². The third-order valence-corrected chi connectivity index (χ3v) is 9.53. The highest BCUT2D eigenvalue weighted by Gasteiger charge is 2.66. The molecule has 1 amide bonds. The van der Waals surface area contributed by atoms with Crippen LogP contribution in [0.2, 0.25) is 0 Å². The zero-order valence-electron chi connectivity index (χ0n) is 24.5. The monoisotopic (exact) mass is 556 g/mol. The Morgan fingerprint density at radius 2 is 1.90 bits per heavy atom. The van der Waals surface area contributed by atoms with Gasteiger partial charge in [0.2, 0.25) is 5.91 Å². The molecule has 1 saturated carbocycles. The van der Waals surface area contributed by atoms with E-state index in [9.17, 15) is 14.4 Å². The number of likely N-dealkylation sites (tertiary alicyclic amines) is 1. The van der Waals surface area contributed by atoms with Crippen LogP contribution in [0.5, 0.6) is 11.5 Å². The zero-order chi connectivity index (χ0) is 28.9. The SMILES string of the molecule is CC(=O)CN1CC[C@]23c4c5ccc(OC(C)=O)c4O[C@H]2[C@H](N(CC(C)C)C(=O)C=Cc2ccccc2)CC[C@H]3[C@H]1C5. The lowest BCUT2D eigenvalue weighted by molar-refractivity contribution is -0.139. The molecule has 2 fully saturated rings. The first-order valence-corrected chi connectivity index (χ1v) is 15.0. The smallest absolute Gasteiger partial charge is 0.308 e. The number of rotatable bonds is 8. The highest BCUT2D eigenvalue weighted by atomic mass is 16.6. The minimum Gasteiger partial charge on any atom is -0.483 e. The summed E-state index contributed by atoms with van der Waals surface area (Å²) >= 11 is 0. The lowest BCUT2D eigenvalue weighted by Gasteiger charge is -2.60. The fourth-order valence-electron chi connectivity index (χ4n) is 8.23. The van der Waals surface area contributed by atoms with Gasteiger partial charge in [0.05, 0.1) is 12.6 Å². The van der Waals surface area contributed by atoms with E-state index in [1.807, 2.05) is 47.4 Å². The van der Waals surface area contributed by atoms with Gasteiger partial charge in [-0.2, -0.15) is 0 Å². The topological polar surface area (TPSA) is 76.2 Å². The molecule has 2 bridgehead atoms. The van der Waals surface area contributed by atoms with E-state index >= 15 is 0 Å². The van der Waals surface area contributed by atoms with E-state index in [1.165, 1.54) is 18.1 Å². The number of Topliss-reactive ketones (excluding diaryl/α,β-unsaturated/α-hetero) is 1. The third-order valence-electron chi connectivity index (χ3n) is 9.53. The molecular weight excluding hydrogens is 516 g/mol. The second kappa shape index (κ2) is 10.8. The maximum atomic E-state index is 13.9. The predicted molar refractivity (Wildman–Crippen MR) is 157 cm³/mol. The molecule has 2 aromatic carbocycles. The van der Waals surface area contributed by atoms with Crippen LogP contribution in [0, 0.1) is 11.8 Å². The van der Waals surface area contributed by atoms with Crippen molar-refractivity contribution >= 4 is 23.7 Å². The van der Waals surface area contributed by atoms with Crippen LogP contribution >= 0.6 is 0 Å². The summed E-state index contributed by atoms with van der Waals surface area (Å²) in [6.07, 6.45) is 6.79. The van der Waals surface area contributed by atoms with Crippen molar-refractivity contribution in [2.75, 3.05) is 19.6 Å². The fraction of sp³-hybridized carbons (Fsp3) is 0.500. The first kappa shape index (κ1) is 27.7. The van der Waals surface area contributed by atoms with Crippen molar-refractivity contribution in [3.8, 4) is 11.5 Å².